The van der Waals surface area contributed by atoms with Gasteiger partial charge in [-0.15, -0.1) is 0 Å². The second-order valence-corrected chi connectivity index (χ2v) is 11.9. The lowest BCUT2D eigenvalue weighted by atomic mass is 9.95. The summed E-state index contributed by atoms with van der Waals surface area (Å²) in [5.74, 6) is -0.617. The minimum Gasteiger partial charge on any atom is -0.352 e. The Labute approximate surface area is 217 Å². The second-order valence-electron chi connectivity index (χ2n) is 9.09. The number of carbonyl (C=O) groups is 2. The molecule has 0 unspecified atom stereocenters. The van der Waals surface area contributed by atoms with E-state index in [1.54, 1.807) is 31.2 Å². The van der Waals surface area contributed by atoms with Crippen LogP contribution in [0.3, 0.4) is 0 Å². The first-order valence-electron chi connectivity index (χ1n) is 12.0. The van der Waals surface area contributed by atoms with E-state index in [0.717, 1.165) is 46.3 Å². The number of nitrogens with zero attached hydrogens (tertiary/aromatic N) is 2. The van der Waals surface area contributed by atoms with Crippen LogP contribution in [0.4, 0.5) is 5.69 Å². The first kappa shape index (κ1) is 27.2. The summed E-state index contributed by atoms with van der Waals surface area (Å²) >= 11 is 3.35. The van der Waals surface area contributed by atoms with Crippen molar-refractivity contribution in [3.8, 4) is 0 Å². The maximum Gasteiger partial charge on any atom is 0.244 e. The topological polar surface area (TPSA) is 86.8 Å². The van der Waals surface area contributed by atoms with Gasteiger partial charge in [-0.3, -0.25) is 13.9 Å². The van der Waals surface area contributed by atoms with Crippen LogP contribution in [0.1, 0.15) is 44.6 Å². The third kappa shape index (κ3) is 8.07. The molecule has 1 fully saturated rings. The van der Waals surface area contributed by atoms with Gasteiger partial charge in [-0.05, 0) is 56.0 Å². The summed E-state index contributed by atoms with van der Waals surface area (Å²) in [4.78, 5) is 28.1. The first-order chi connectivity index (χ1) is 16.6. The highest BCUT2D eigenvalue weighted by Gasteiger charge is 2.30. The molecule has 35 heavy (non-hydrogen) atoms. The molecular weight excluding hydrogens is 530 g/mol. The zero-order valence-electron chi connectivity index (χ0n) is 20.3. The van der Waals surface area contributed by atoms with Crippen LogP contribution in [0.2, 0.25) is 0 Å². The summed E-state index contributed by atoms with van der Waals surface area (Å²) in [7, 11) is -3.73. The molecule has 0 saturated heterocycles. The van der Waals surface area contributed by atoms with Gasteiger partial charge in [-0.1, -0.05) is 65.5 Å². The number of hydrogen-bond acceptors (Lipinski definition) is 4. The smallest absolute Gasteiger partial charge is 0.244 e. The molecule has 3 rings (SSSR count). The van der Waals surface area contributed by atoms with E-state index in [9.17, 15) is 18.0 Å². The number of carbonyl (C=O) groups excluding carboxylic acids is 2. The van der Waals surface area contributed by atoms with Gasteiger partial charge in [-0.2, -0.15) is 0 Å². The van der Waals surface area contributed by atoms with Gasteiger partial charge in [0.1, 0.15) is 12.6 Å². The Morgan fingerprint density at radius 2 is 1.66 bits per heavy atom. The fourth-order valence-electron chi connectivity index (χ4n) is 4.36. The second kappa shape index (κ2) is 12.5. The molecule has 190 valence electrons. The fraction of sp³-hybridized carbons (Fsp3) is 0.462. The number of amides is 2. The minimum absolute atomic E-state index is 0.125. The van der Waals surface area contributed by atoms with Crippen molar-refractivity contribution in [1.82, 2.24) is 10.2 Å². The van der Waals surface area contributed by atoms with Crippen LogP contribution in [0.25, 0.3) is 0 Å². The maximum atomic E-state index is 13.5. The van der Waals surface area contributed by atoms with E-state index in [1.807, 2.05) is 30.3 Å². The van der Waals surface area contributed by atoms with Crippen molar-refractivity contribution in [1.29, 1.82) is 0 Å². The van der Waals surface area contributed by atoms with Crippen LogP contribution in [-0.4, -0.2) is 56.6 Å². The van der Waals surface area contributed by atoms with Crippen LogP contribution in [0, 0.1) is 0 Å². The van der Waals surface area contributed by atoms with E-state index < -0.39 is 22.0 Å². The lowest BCUT2D eigenvalue weighted by Crippen LogP contribution is -2.53. The van der Waals surface area contributed by atoms with Crippen LogP contribution in [-0.2, 0) is 26.0 Å². The van der Waals surface area contributed by atoms with Gasteiger partial charge in [0, 0.05) is 17.1 Å². The Morgan fingerprint density at radius 3 is 2.26 bits per heavy atom. The molecule has 1 saturated carbocycles. The number of hydrogen-bond donors (Lipinski definition) is 1. The lowest BCUT2D eigenvalue weighted by molar-refractivity contribution is -0.139. The Bertz CT molecular complexity index is 1090. The average molecular weight is 565 g/mol. The highest BCUT2D eigenvalue weighted by molar-refractivity contribution is 9.10. The normalized spacial score (nSPS) is 15.3. The van der Waals surface area contributed by atoms with Crippen molar-refractivity contribution in [2.45, 2.75) is 57.5 Å². The zero-order valence-corrected chi connectivity index (χ0v) is 22.7. The van der Waals surface area contributed by atoms with Gasteiger partial charge >= 0.3 is 0 Å². The molecule has 1 aliphatic rings. The number of halogens is 1. The van der Waals surface area contributed by atoms with Crippen molar-refractivity contribution in [3.63, 3.8) is 0 Å². The monoisotopic (exact) mass is 563 g/mol. The number of nitrogens with one attached hydrogen (secondary N) is 1. The van der Waals surface area contributed by atoms with Crippen LogP contribution in [0.15, 0.2) is 59.1 Å². The Morgan fingerprint density at radius 1 is 1.03 bits per heavy atom. The van der Waals surface area contributed by atoms with E-state index in [2.05, 4.69) is 21.2 Å². The van der Waals surface area contributed by atoms with E-state index in [4.69, 9.17) is 0 Å². The third-order valence-corrected chi connectivity index (χ3v) is 8.07. The summed E-state index contributed by atoms with van der Waals surface area (Å²) in [6, 6.07) is 15.9. The quantitative estimate of drug-likeness (QED) is 0.471. The highest BCUT2D eigenvalue weighted by Crippen LogP contribution is 2.22. The lowest BCUT2D eigenvalue weighted by Gasteiger charge is -2.33. The van der Waals surface area contributed by atoms with Crippen molar-refractivity contribution >= 4 is 43.5 Å². The van der Waals surface area contributed by atoms with Gasteiger partial charge in [-0.25, -0.2) is 8.42 Å². The summed E-state index contributed by atoms with van der Waals surface area (Å²) in [6.45, 7) is 1.64. The van der Waals surface area contributed by atoms with Gasteiger partial charge < -0.3 is 10.2 Å². The van der Waals surface area contributed by atoms with Crippen molar-refractivity contribution in [2.75, 3.05) is 23.7 Å². The highest BCUT2D eigenvalue weighted by atomic mass is 79.9. The van der Waals surface area contributed by atoms with Crippen molar-refractivity contribution < 1.29 is 18.0 Å². The van der Waals surface area contributed by atoms with E-state index in [-0.39, 0.29) is 18.5 Å². The standard InChI is InChI=1S/C26H34BrN3O4S/c1-20(26(32)28-23-11-7-4-8-12-23)29(18-17-21-9-5-3-6-10-21)25(31)19-30(35(2,33)34)24-15-13-22(27)14-16-24/h3,5-6,9-10,13-16,20,23H,4,7-8,11-12,17-19H2,1-2H3,(H,28,32)/t20-/m0/s1. The average Bonchev–Trinajstić information content (AvgIpc) is 2.84. The molecule has 0 heterocycles. The fourth-order valence-corrected chi connectivity index (χ4v) is 5.47. The predicted octanol–water partition coefficient (Wildman–Crippen LogP) is 4.12. The Hall–Kier alpha value is -2.39. The SMILES string of the molecule is C[C@@H](C(=O)NC1CCCCC1)N(CCc1ccccc1)C(=O)CN(c1ccc(Br)cc1)S(C)(=O)=O. The number of anilines is 1. The van der Waals surface area contributed by atoms with Crippen molar-refractivity contribution in [3.05, 3.63) is 64.6 Å². The molecule has 1 N–H and O–H groups in total. The summed E-state index contributed by atoms with van der Waals surface area (Å²) in [6.07, 6.45) is 6.89. The van der Waals surface area contributed by atoms with Crippen LogP contribution >= 0.6 is 15.9 Å². The zero-order chi connectivity index (χ0) is 25.4. The van der Waals surface area contributed by atoms with E-state index in [0.29, 0.717) is 18.7 Å². The molecule has 1 aliphatic carbocycles. The minimum atomic E-state index is -3.73. The molecule has 0 aliphatic heterocycles. The molecule has 0 bridgehead atoms. The summed E-state index contributed by atoms with van der Waals surface area (Å²) < 4.78 is 27.1. The van der Waals surface area contributed by atoms with Gasteiger partial charge in [0.25, 0.3) is 0 Å². The summed E-state index contributed by atoms with van der Waals surface area (Å²) in [5, 5.41) is 3.10. The molecule has 2 aromatic carbocycles. The number of rotatable bonds is 10. The van der Waals surface area contributed by atoms with Crippen LogP contribution < -0.4 is 9.62 Å². The Kier molecular flexibility index (Phi) is 9.74. The third-order valence-electron chi connectivity index (χ3n) is 6.40. The molecule has 9 heteroatoms. The molecule has 0 spiro atoms. The maximum absolute atomic E-state index is 13.5. The predicted molar refractivity (Wildman–Crippen MR) is 143 cm³/mol. The van der Waals surface area contributed by atoms with E-state index in [1.165, 1.54) is 11.3 Å². The molecule has 2 amide bonds. The van der Waals surface area contributed by atoms with Crippen LogP contribution in [0.5, 0.6) is 0 Å². The molecule has 2 aromatic rings. The molecule has 0 aromatic heterocycles. The summed E-state index contributed by atoms with van der Waals surface area (Å²) in [5.41, 5.74) is 1.43. The Balaban J connectivity index is 1.80. The largest absolute Gasteiger partial charge is 0.352 e. The van der Waals surface area contributed by atoms with Crippen molar-refractivity contribution in [2.24, 2.45) is 0 Å². The molecule has 1 atom stereocenters. The van der Waals surface area contributed by atoms with Gasteiger partial charge in [0.2, 0.25) is 21.8 Å². The van der Waals surface area contributed by atoms with Gasteiger partial charge in [0.05, 0.1) is 11.9 Å². The molecule has 7 nitrogen and oxygen atoms in total. The van der Waals surface area contributed by atoms with Gasteiger partial charge in [0.15, 0.2) is 0 Å². The molecular formula is C26H34BrN3O4S. The number of benzene rings is 2. The molecule has 0 radical (unpaired) electrons. The number of sulfonamides is 1. The van der Waals surface area contributed by atoms with E-state index >= 15 is 0 Å². The first-order valence-corrected chi connectivity index (χ1v) is 14.7.